The molecule has 0 amide bonds. The maximum Gasteiger partial charge on any atom is 0.149 e. The number of hydrogen-bond donors (Lipinski definition) is 0. The van der Waals surface area contributed by atoms with Crippen molar-refractivity contribution in [3.8, 4) is 0 Å². The van der Waals surface area contributed by atoms with E-state index in [-0.39, 0.29) is 18.0 Å². The molecular formula is C19H18FN3O. The van der Waals surface area contributed by atoms with E-state index in [9.17, 15) is 4.39 Å². The minimum atomic E-state index is -0.322. The molecule has 0 radical (unpaired) electrons. The molecule has 0 bridgehead atoms. The van der Waals surface area contributed by atoms with E-state index < -0.39 is 0 Å². The molecule has 1 saturated heterocycles. The number of halogens is 1. The zero-order valence-electron chi connectivity index (χ0n) is 13.4. The van der Waals surface area contributed by atoms with Crippen molar-refractivity contribution in [1.82, 2.24) is 9.97 Å². The lowest BCUT2D eigenvalue weighted by Gasteiger charge is -2.38. The highest BCUT2D eigenvalue weighted by atomic mass is 19.1. The van der Waals surface area contributed by atoms with E-state index in [1.165, 1.54) is 12.4 Å². The lowest BCUT2D eigenvalue weighted by atomic mass is 10.1. The molecule has 0 saturated carbocycles. The maximum absolute atomic E-state index is 14.0. The third-order valence-electron chi connectivity index (χ3n) is 4.33. The summed E-state index contributed by atoms with van der Waals surface area (Å²) in [5.74, 6) is 0.438. The van der Waals surface area contributed by atoms with Crippen molar-refractivity contribution in [3.05, 3.63) is 66.2 Å². The second-order valence-corrected chi connectivity index (χ2v) is 6.08. The van der Waals surface area contributed by atoms with Gasteiger partial charge in [-0.25, -0.2) is 14.4 Å². The number of nitrogens with zero attached hydrogens (tertiary/aromatic N) is 3. The van der Waals surface area contributed by atoms with Crippen LogP contribution in [-0.4, -0.2) is 29.2 Å². The lowest BCUT2D eigenvalue weighted by Crippen LogP contribution is -2.43. The summed E-state index contributed by atoms with van der Waals surface area (Å²) in [6, 6.07) is 15.1. The normalized spacial score (nSPS) is 21.2. The number of benzene rings is 2. The van der Waals surface area contributed by atoms with Crippen LogP contribution in [0.1, 0.15) is 18.6 Å². The molecule has 1 aliphatic heterocycles. The van der Waals surface area contributed by atoms with Gasteiger partial charge in [-0.05, 0) is 24.6 Å². The quantitative estimate of drug-likeness (QED) is 0.720. The lowest BCUT2D eigenvalue weighted by molar-refractivity contribution is -0.0175. The SMILES string of the molecule is CC1CN(c2ncnc3c(F)cccc23)CC(c2ccccc2)O1. The van der Waals surface area contributed by atoms with Gasteiger partial charge in [-0.3, -0.25) is 0 Å². The van der Waals surface area contributed by atoms with Crippen LogP contribution in [0.5, 0.6) is 0 Å². The van der Waals surface area contributed by atoms with Crippen LogP contribution >= 0.6 is 0 Å². The van der Waals surface area contributed by atoms with E-state index >= 15 is 0 Å². The Morgan fingerprint density at radius 2 is 1.88 bits per heavy atom. The monoisotopic (exact) mass is 323 g/mol. The van der Waals surface area contributed by atoms with Crippen molar-refractivity contribution in [2.24, 2.45) is 0 Å². The minimum absolute atomic E-state index is 0.0338. The van der Waals surface area contributed by atoms with Crippen LogP contribution < -0.4 is 4.90 Å². The number of rotatable bonds is 2. The second kappa shape index (κ2) is 6.17. The van der Waals surface area contributed by atoms with Crippen LogP contribution in [0.4, 0.5) is 10.2 Å². The van der Waals surface area contributed by atoms with Gasteiger partial charge in [-0.15, -0.1) is 0 Å². The number of aromatic nitrogens is 2. The van der Waals surface area contributed by atoms with Gasteiger partial charge in [0.2, 0.25) is 0 Å². The molecule has 3 aromatic rings. The molecular weight excluding hydrogens is 305 g/mol. The first kappa shape index (κ1) is 15.0. The highest BCUT2D eigenvalue weighted by Crippen LogP contribution is 2.31. The van der Waals surface area contributed by atoms with Crippen molar-refractivity contribution < 1.29 is 9.13 Å². The van der Waals surface area contributed by atoms with Gasteiger partial charge in [-0.2, -0.15) is 0 Å². The average Bonchev–Trinajstić information content (AvgIpc) is 2.62. The van der Waals surface area contributed by atoms with E-state index in [4.69, 9.17) is 4.74 Å². The van der Waals surface area contributed by atoms with Gasteiger partial charge in [0.05, 0.1) is 6.10 Å². The Labute approximate surface area is 139 Å². The predicted octanol–water partition coefficient (Wildman–Crippen LogP) is 3.74. The molecule has 24 heavy (non-hydrogen) atoms. The number of fused-ring (bicyclic) bond motifs is 1. The average molecular weight is 323 g/mol. The number of hydrogen-bond acceptors (Lipinski definition) is 4. The largest absolute Gasteiger partial charge is 0.367 e. The standard InChI is InChI=1S/C19H18FN3O/c1-13-10-23(11-17(24-13)14-6-3-2-4-7-14)19-15-8-5-9-16(20)18(15)21-12-22-19/h2-9,12-13,17H,10-11H2,1H3. The van der Waals surface area contributed by atoms with E-state index in [2.05, 4.69) is 27.0 Å². The summed E-state index contributed by atoms with van der Waals surface area (Å²) in [6.45, 7) is 3.44. The molecule has 2 heterocycles. The van der Waals surface area contributed by atoms with Crippen LogP contribution in [0.25, 0.3) is 10.9 Å². The zero-order valence-corrected chi connectivity index (χ0v) is 13.4. The van der Waals surface area contributed by atoms with E-state index in [0.717, 1.165) is 16.8 Å². The van der Waals surface area contributed by atoms with Gasteiger partial charge in [0.25, 0.3) is 0 Å². The molecule has 0 spiro atoms. The van der Waals surface area contributed by atoms with Gasteiger partial charge < -0.3 is 9.64 Å². The molecule has 122 valence electrons. The first-order valence-electron chi connectivity index (χ1n) is 8.07. The molecule has 1 aliphatic rings. The number of anilines is 1. The number of morpholine rings is 1. The Bertz CT molecular complexity index is 856. The highest BCUT2D eigenvalue weighted by Gasteiger charge is 2.28. The molecule has 4 rings (SSSR count). The summed E-state index contributed by atoms with van der Waals surface area (Å²) in [5.41, 5.74) is 1.50. The van der Waals surface area contributed by atoms with Crippen LogP contribution in [0.15, 0.2) is 54.9 Å². The Hall–Kier alpha value is -2.53. The van der Waals surface area contributed by atoms with Crippen molar-refractivity contribution in [2.45, 2.75) is 19.1 Å². The predicted molar refractivity (Wildman–Crippen MR) is 91.4 cm³/mol. The zero-order chi connectivity index (χ0) is 16.5. The van der Waals surface area contributed by atoms with Crippen molar-refractivity contribution in [2.75, 3.05) is 18.0 Å². The van der Waals surface area contributed by atoms with Crippen molar-refractivity contribution in [3.63, 3.8) is 0 Å². The maximum atomic E-state index is 14.0. The van der Waals surface area contributed by atoms with Gasteiger partial charge >= 0.3 is 0 Å². The molecule has 2 atom stereocenters. The van der Waals surface area contributed by atoms with Gasteiger partial charge in [0.15, 0.2) is 0 Å². The van der Waals surface area contributed by atoms with E-state index in [1.807, 2.05) is 31.2 Å². The molecule has 2 unspecified atom stereocenters. The summed E-state index contributed by atoms with van der Waals surface area (Å²) in [6.07, 6.45) is 1.45. The van der Waals surface area contributed by atoms with Crippen LogP contribution in [0.3, 0.4) is 0 Å². The Morgan fingerprint density at radius 1 is 1.04 bits per heavy atom. The summed E-state index contributed by atoms with van der Waals surface area (Å²) < 4.78 is 20.1. The number of para-hydroxylation sites is 1. The molecule has 0 aliphatic carbocycles. The molecule has 2 aromatic carbocycles. The summed E-state index contributed by atoms with van der Waals surface area (Å²) in [7, 11) is 0. The van der Waals surface area contributed by atoms with Gasteiger partial charge in [0.1, 0.15) is 29.6 Å². The second-order valence-electron chi connectivity index (χ2n) is 6.08. The van der Waals surface area contributed by atoms with Crippen LogP contribution in [-0.2, 0) is 4.74 Å². The third kappa shape index (κ3) is 2.71. The summed E-state index contributed by atoms with van der Waals surface area (Å²) >= 11 is 0. The van der Waals surface area contributed by atoms with Crippen LogP contribution in [0.2, 0.25) is 0 Å². The first-order chi connectivity index (χ1) is 11.7. The number of ether oxygens (including phenoxy) is 1. The van der Waals surface area contributed by atoms with Gasteiger partial charge in [0, 0.05) is 18.5 Å². The fourth-order valence-electron chi connectivity index (χ4n) is 3.27. The van der Waals surface area contributed by atoms with E-state index in [0.29, 0.717) is 18.6 Å². The summed E-state index contributed by atoms with van der Waals surface area (Å²) in [4.78, 5) is 10.7. The Morgan fingerprint density at radius 3 is 2.71 bits per heavy atom. The first-order valence-corrected chi connectivity index (χ1v) is 8.07. The fraction of sp³-hybridized carbons (Fsp3) is 0.263. The third-order valence-corrected chi connectivity index (χ3v) is 4.33. The topological polar surface area (TPSA) is 38.2 Å². The fourth-order valence-corrected chi connectivity index (χ4v) is 3.27. The van der Waals surface area contributed by atoms with Crippen LogP contribution in [0, 0.1) is 5.82 Å². The van der Waals surface area contributed by atoms with E-state index in [1.54, 1.807) is 6.07 Å². The highest BCUT2D eigenvalue weighted by molar-refractivity contribution is 5.89. The minimum Gasteiger partial charge on any atom is -0.367 e. The smallest absolute Gasteiger partial charge is 0.149 e. The molecule has 4 nitrogen and oxygen atoms in total. The Kier molecular flexibility index (Phi) is 3.86. The molecule has 5 heteroatoms. The van der Waals surface area contributed by atoms with Crippen molar-refractivity contribution >= 4 is 16.7 Å². The molecule has 0 N–H and O–H groups in total. The summed E-state index contributed by atoms with van der Waals surface area (Å²) in [5, 5.41) is 0.735. The van der Waals surface area contributed by atoms with Gasteiger partial charge in [-0.1, -0.05) is 36.4 Å². The Balaban J connectivity index is 1.72. The molecule has 1 fully saturated rings. The molecule has 1 aromatic heterocycles. The van der Waals surface area contributed by atoms with Crippen molar-refractivity contribution in [1.29, 1.82) is 0 Å².